The van der Waals surface area contributed by atoms with E-state index in [1.807, 2.05) is 0 Å². The third-order valence-electron chi connectivity index (χ3n) is 4.17. The Morgan fingerprint density at radius 2 is 2.21 bits per heavy atom. The number of nitrogens with one attached hydrogen (secondary N) is 1. The monoisotopic (exact) mass is 332 g/mol. The number of benzene rings is 1. The van der Waals surface area contributed by atoms with Gasteiger partial charge in [-0.05, 0) is 44.0 Å². The second-order valence-electron chi connectivity index (χ2n) is 6.16. The van der Waals surface area contributed by atoms with Crippen molar-refractivity contribution in [2.24, 2.45) is 0 Å². The smallest absolute Gasteiger partial charge is 0.234 e. The molecule has 6 nitrogen and oxygen atoms in total. The van der Waals surface area contributed by atoms with Crippen LogP contribution in [0.2, 0.25) is 0 Å². The lowest BCUT2D eigenvalue weighted by Crippen LogP contribution is -2.41. The van der Waals surface area contributed by atoms with Gasteiger partial charge in [-0.25, -0.2) is 4.39 Å². The minimum Gasteiger partial charge on any atom is -0.351 e. The predicted molar refractivity (Wildman–Crippen MR) is 85.7 cm³/mol. The minimum atomic E-state index is -0.277. The number of rotatable bonds is 5. The zero-order valence-corrected chi connectivity index (χ0v) is 13.7. The highest BCUT2D eigenvalue weighted by atomic mass is 19.1. The molecule has 1 saturated heterocycles. The zero-order valence-electron chi connectivity index (χ0n) is 13.7. The van der Waals surface area contributed by atoms with Crippen LogP contribution in [-0.2, 0) is 11.3 Å². The van der Waals surface area contributed by atoms with Gasteiger partial charge in [-0.3, -0.25) is 9.69 Å². The van der Waals surface area contributed by atoms with Crippen LogP contribution in [0.3, 0.4) is 0 Å². The molecule has 2 heterocycles. The Labute approximate surface area is 140 Å². The number of likely N-dealkylation sites (tertiary alicyclic amines) is 1. The van der Waals surface area contributed by atoms with E-state index in [0.29, 0.717) is 24.8 Å². The first kappa shape index (κ1) is 16.6. The number of aromatic nitrogens is 2. The highest BCUT2D eigenvalue weighted by Crippen LogP contribution is 2.25. The van der Waals surface area contributed by atoms with Gasteiger partial charge in [0.25, 0.3) is 0 Å². The van der Waals surface area contributed by atoms with Crippen LogP contribution in [0.1, 0.15) is 36.0 Å². The van der Waals surface area contributed by atoms with E-state index in [0.717, 1.165) is 31.5 Å². The molecule has 0 saturated carbocycles. The first-order valence-corrected chi connectivity index (χ1v) is 8.14. The van der Waals surface area contributed by atoms with Gasteiger partial charge in [0.1, 0.15) is 5.82 Å². The molecule has 7 heteroatoms. The van der Waals surface area contributed by atoms with Crippen molar-refractivity contribution in [2.45, 2.75) is 32.2 Å². The second kappa shape index (κ2) is 7.53. The molecule has 3 rings (SSSR count). The maximum Gasteiger partial charge on any atom is 0.234 e. The van der Waals surface area contributed by atoms with E-state index in [9.17, 15) is 9.18 Å². The maximum absolute atomic E-state index is 12.9. The van der Waals surface area contributed by atoms with E-state index in [4.69, 9.17) is 4.52 Å². The number of carbonyl (C=O) groups is 1. The van der Waals surface area contributed by atoms with Crippen molar-refractivity contribution in [1.29, 1.82) is 0 Å². The molecule has 0 aliphatic carbocycles. The molecule has 24 heavy (non-hydrogen) atoms. The standard InChI is InChI=1S/C17H21FN4O2/c1-12-20-17(24-21-12)14-3-2-8-22(10-14)11-16(23)19-9-13-4-6-15(18)7-5-13/h4-7,14H,2-3,8-11H2,1H3,(H,19,23). The minimum absolute atomic E-state index is 0.0401. The Balaban J connectivity index is 1.48. The van der Waals surface area contributed by atoms with Gasteiger partial charge in [-0.1, -0.05) is 17.3 Å². The fourth-order valence-corrected chi connectivity index (χ4v) is 2.94. The quantitative estimate of drug-likeness (QED) is 0.907. The number of amides is 1. The molecule has 1 aliphatic heterocycles. The largest absolute Gasteiger partial charge is 0.351 e. The summed E-state index contributed by atoms with van der Waals surface area (Å²) in [5, 5.41) is 6.71. The van der Waals surface area contributed by atoms with Gasteiger partial charge >= 0.3 is 0 Å². The van der Waals surface area contributed by atoms with Crippen LogP contribution in [0.15, 0.2) is 28.8 Å². The van der Waals surface area contributed by atoms with Crippen LogP contribution in [0.5, 0.6) is 0 Å². The summed E-state index contributed by atoms with van der Waals surface area (Å²) in [6.45, 7) is 4.17. The number of piperidine rings is 1. The Hall–Kier alpha value is -2.28. The van der Waals surface area contributed by atoms with Gasteiger partial charge in [0.2, 0.25) is 11.8 Å². The number of aryl methyl sites for hydroxylation is 1. The molecule has 1 atom stereocenters. The number of nitrogens with zero attached hydrogens (tertiary/aromatic N) is 3. The molecule has 1 aliphatic rings. The molecule has 1 aromatic carbocycles. The van der Waals surface area contributed by atoms with Crippen molar-refractivity contribution < 1.29 is 13.7 Å². The van der Waals surface area contributed by atoms with Gasteiger partial charge in [0.05, 0.1) is 12.5 Å². The van der Waals surface area contributed by atoms with E-state index in [1.165, 1.54) is 12.1 Å². The Bertz CT molecular complexity index is 686. The highest BCUT2D eigenvalue weighted by Gasteiger charge is 2.26. The summed E-state index contributed by atoms with van der Waals surface area (Å²) < 4.78 is 18.1. The number of halogens is 1. The summed E-state index contributed by atoms with van der Waals surface area (Å²) in [6, 6.07) is 6.13. The van der Waals surface area contributed by atoms with E-state index >= 15 is 0 Å². The summed E-state index contributed by atoms with van der Waals surface area (Å²) in [4.78, 5) is 18.5. The molecule has 1 fully saturated rings. The summed E-state index contributed by atoms with van der Waals surface area (Å²) in [5.41, 5.74) is 0.877. The lowest BCUT2D eigenvalue weighted by molar-refractivity contribution is -0.122. The molecule has 128 valence electrons. The van der Waals surface area contributed by atoms with Gasteiger partial charge in [-0.2, -0.15) is 4.98 Å². The molecular weight excluding hydrogens is 311 g/mol. The number of hydrogen-bond donors (Lipinski definition) is 1. The maximum atomic E-state index is 12.9. The normalized spacial score (nSPS) is 18.5. The zero-order chi connectivity index (χ0) is 16.9. The topological polar surface area (TPSA) is 71.3 Å². The first-order valence-electron chi connectivity index (χ1n) is 8.14. The van der Waals surface area contributed by atoms with Crippen LogP contribution < -0.4 is 5.32 Å². The number of carbonyl (C=O) groups excluding carboxylic acids is 1. The van der Waals surface area contributed by atoms with E-state index in [1.54, 1.807) is 19.1 Å². The average Bonchev–Trinajstić information content (AvgIpc) is 3.01. The first-order chi connectivity index (χ1) is 11.6. The molecule has 1 unspecified atom stereocenters. The Morgan fingerprint density at radius 1 is 1.42 bits per heavy atom. The van der Waals surface area contributed by atoms with E-state index in [2.05, 4.69) is 20.4 Å². The average molecular weight is 332 g/mol. The summed E-state index contributed by atoms with van der Waals surface area (Å²) in [7, 11) is 0. The van der Waals surface area contributed by atoms with Gasteiger partial charge < -0.3 is 9.84 Å². The van der Waals surface area contributed by atoms with Crippen molar-refractivity contribution in [1.82, 2.24) is 20.4 Å². The SMILES string of the molecule is Cc1noc(C2CCCN(CC(=O)NCc3ccc(F)cc3)C2)n1. The Morgan fingerprint density at radius 3 is 2.92 bits per heavy atom. The summed E-state index contributed by atoms with van der Waals surface area (Å²) >= 11 is 0. The highest BCUT2D eigenvalue weighted by molar-refractivity contribution is 5.78. The van der Waals surface area contributed by atoms with Gasteiger partial charge in [0.15, 0.2) is 5.82 Å². The van der Waals surface area contributed by atoms with E-state index < -0.39 is 0 Å². The van der Waals surface area contributed by atoms with E-state index in [-0.39, 0.29) is 17.6 Å². The molecule has 0 radical (unpaired) electrons. The molecule has 1 amide bonds. The van der Waals surface area contributed by atoms with Gasteiger partial charge in [0, 0.05) is 13.1 Å². The molecule has 1 aromatic heterocycles. The molecule has 2 aromatic rings. The van der Waals surface area contributed by atoms with Crippen LogP contribution in [-0.4, -0.2) is 40.6 Å². The third-order valence-corrected chi connectivity index (χ3v) is 4.17. The van der Waals surface area contributed by atoms with Crippen LogP contribution in [0, 0.1) is 12.7 Å². The molecule has 0 bridgehead atoms. The Kier molecular flexibility index (Phi) is 5.20. The summed E-state index contributed by atoms with van der Waals surface area (Å²) in [6.07, 6.45) is 1.99. The van der Waals surface area contributed by atoms with Crippen LogP contribution in [0.25, 0.3) is 0 Å². The second-order valence-corrected chi connectivity index (χ2v) is 6.16. The van der Waals surface area contributed by atoms with Crippen LogP contribution in [0.4, 0.5) is 4.39 Å². The molecule has 1 N–H and O–H groups in total. The number of hydrogen-bond acceptors (Lipinski definition) is 5. The van der Waals surface area contributed by atoms with Crippen molar-refractivity contribution in [3.8, 4) is 0 Å². The van der Waals surface area contributed by atoms with Crippen LogP contribution >= 0.6 is 0 Å². The van der Waals surface area contributed by atoms with Crippen molar-refractivity contribution in [3.63, 3.8) is 0 Å². The lowest BCUT2D eigenvalue weighted by atomic mass is 9.98. The fourth-order valence-electron chi connectivity index (χ4n) is 2.94. The fraction of sp³-hybridized carbons (Fsp3) is 0.471. The molecular formula is C17H21FN4O2. The summed E-state index contributed by atoms with van der Waals surface area (Å²) in [5.74, 6) is 1.16. The van der Waals surface area contributed by atoms with Gasteiger partial charge in [-0.15, -0.1) is 0 Å². The van der Waals surface area contributed by atoms with Crippen molar-refractivity contribution >= 4 is 5.91 Å². The van der Waals surface area contributed by atoms with Crippen molar-refractivity contribution in [2.75, 3.05) is 19.6 Å². The lowest BCUT2D eigenvalue weighted by Gasteiger charge is -2.30. The molecule has 0 spiro atoms. The predicted octanol–water partition coefficient (Wildman–Crippen LogP) is 2.01. The van der Waals surface area contributed by atoms with Crippen molar-refractivity contribution in [3.05, 3.63) is 47.4 Å². The third kappa shape index (κ3) is 4.38.